The van der Waals surface area contributed by atoms with Crippen LogP contribution in [0.3, 0.4) is 0 Å². The second-order valence-corrected chi connectivity index (χ2v) is 10.4. The van der Waals surface area contributed by atoms with E-state index in [1.165, 1.54) is 0 Å². The molecule has 3 heterocycles. The lowest BCUT2D eigenvalue weighted by molar-refractivity contribution is -0.153. The van der Waals surface area contributed by atoms with Crippen LogP contribution >= 0.6 is 0 Å². The lowest BCUT2D eigenvalue weighted by Gasteiger charge is -2.55. The minimum Gasteiger partial charge on any atom is -0.388 e. The molecule has 6 rings (SSSR count). The summed E-state index contributed by atoms with van der Waals surface area (Å²) in [5.41, 5.74) is -0.334. The van der Waals surface area contributed by atoms with E-state index in [-0.39, 0.29) is 29.5 Å². The number of benzene rings is 2. The molecule has 2 aromatic carbocycles. The van der Waals surface area contributed by atoms with Gasteiger partial charge in [-0.1, -0.05) is 73.3 Å². The summed E-state index contributed by atoms with van der Waals surface area (Å²) in [6.45, 7) is 5.07. The fraction of sp³-hybridized carbons (Fsp3) is 0.400. The van der Waals surface area contributed by atoms with E-state index in [9.17, 15) is 31.4 Å². The maximum absolute atomic E-state index is 13.8. The molecule has 1 aliphatic carbocycles. The zero-order valence-corrected chi connectivity index (χ0v) is 20.6. The number of aliphatic hydroxyl groups is 1. The minimum atomic E-state index is -4.99. The molecule has 0 aromatic heterocycles. The van der Waals surface area contributed by atoms with Crippen LogP contribution in [0.2, 0.25) is 0 Å². The van der Waals surface area contributed by atoms with Crippen molar-refractivity contribution in [1.29, 1.82) is 0 Å². The number of piperidine rings is 3. The van der Waals surface area contributed by atoms with Crippen LogP contribution in [0.4, 0.5) is 26.3 Å². The third-order valence-corrected chi connectivity index (χ3v) is 8.36. The zero-order valence-electron chi connectivity index (χ0n) is 20.6. The highest BCUT2D eigenvalue weighted by Gasteiger charge is 2.53. The molecule has 3 fully saturated rings. The van der Waals surface area contributed by atoms with E-state index in [1.54, 1.807) is 0 Å². The normalized spacial score (nSPS) is 28.7. The Bertz CT molecular complexity index is 1170. The van der Waals surface area contributed by atoms with Crippen LogP contribution < -0.4 is 0 Å². The topological polar surface area (TPSA) is 23.5 Å². The van der Waals surface area contributed by atoms with E-state index in [4.69, 9.17) is 0 Å². The first-order chi connectivity index (χ1) is 18.0. The Morgan fingerprint density at radius 3 is 1.84 bits per heavy atom. The molecular formula is C30H29F6NO. The smallest absolute Gasteiger partial charge is 0.388 e. The molecule has 4 aliphatic rings. The maximum atomic E-state index is 13.8. The fourth-order valence-corrected chi connectivity index (χ4v) is 6.63. The molecule has 8 heteroatoms. The average molecular weight is 534 g/mol. The van der Waals surface area contributed by atoms with Crippen molar-refractivity contribution in [3.63, 3.8) is 0 Å². The number of aliphatic hydroxyl groups excluding tert-OH is 1. The molecule has 2 aromatic rings. The molecule has 0 saturated carbocycles. The van der Waals surface area contributed by atoms with Gasteiger partial charge in [-0.25, -0.2) is 0 Å². The van der Waals surface area contributed by atoms with Crippen molar-refractivity contribution < 1.29 is 31.4 Å². The number of fused-ring (bicyclic) bond motifs is 3. The summed E-state index contributed by atoms with van der Waals surface area (Å²) in [6, 6.07) is 19.0. The van der Waals surface area contributed by atoms with Gasteiger partial charge in [-0.05, 0) is 60.2 Å². The molecule has 1 N–H and O–H groups in total. The second kappa shape index (κ2) is 10.0. The van der Waals surface area contributed by atoms with Crippen LogP contribution in [0, 0.1) is 17.8 Å². The molecule has 0 radical (unpaired) electrons. The summed E-state index contributed by atoms with van der Waals surface area (Å²) in [6.07, 6.45) is -9.20. The van der Waals surface area contributed by atoms with Gasteiger partial charge in [-0.2, -0.15) is 26.3 Å². The molecule has 3 saturated heterocycles. The number of nitrogens with zero attached hydrogens (tertiary/aromatic N) is 1. The number of alkyl halides is 6. The van der Waals surface area contributed by atoms with Crippen LogP contribution in [0.5, 0.6) is 0 Å². The molecular weight excluding hydrogens is 504 g/mol. The van der Waals surface area contributed by atoms with Crippen LogP contribution in [0.1, 0.15) is 29.9 Å². The SMILES string of the molecule is C=C1C(C(O)C2C3CCN(CC3)C2C(c2ccccc2)c2ccccc2)=CC(C(F)(F)F)=CC1C(F)(F)F. The number of rotatable bonds is 5. The molecule has 4 atom stereocenters. The first kappa shape index (κ1) is 26.8. The van der Waals surface area contributed by atoms with Gasteiger partial charge in [0.1, 0.15) is 0 Å². The summed E-state index contributed by atoms with van der Waals surface area (Å²) >= 11 is 0. The van der Waals surface area contributed by atoms with Crippen LogP contribution in [0.25, 0.3) is 0 Å². The van der Waals surface area contributed by atoms with E-state index in [0.717, 1.165) is 37.1 Å². The maximum Gasteiger partial charge on any atom is 0.416 e. The first-order valence-corrected chi connectivity index (χ1v) is 12.8. The largest absolute Gasteiger partial charge is 0.416 e. The summed E-state index contributed by atoms with van der Waals surface area (Å²) in [4.78, 5) is 2.24. The lowest BCUT2D eigenvalue weighted by Crippen LogP contribution is -2.60. The monoisotopic (exact) mass is 533 g/mol. The van der Waals surface area contributed by atoms with Gasteiger partial charge in [0.2, 0.25) is 0 Å². The van der Waals surface area contributed by atoms with Crippen LogP contribution in [0.15, 0.2) is 96.1 Å². The highest BCUT2D eigenvalue weighted by molar-refractivity contribution is 5.49. The van der Waals surface area contributed by atoms with E-state index in [2.05, 4.69) is 11.5 Å². The highest BCUT2D eigenvalue weighted by Crippen LogP contribution is 2.51. The Morgan fingerprint density at radius 1 is 0.842 bits per heavy atom. The van der Waals surface area contributed by atoms with Gasteiger partial charge >= 0.3 is 12.4 Å². The van der Waals surface area contributed by atoms with Crippen molar-refractivity contribution in [1.82, 2.24) is 4.90 Å². The summed E-state index contributed by atoms with van der Waals surface area (Å²) in [7, 11) is 0. The number of allylic oxidation sites excluding steroid dienone is 3. The fourth-order valence-electron chi connectivity index (χ4n) is 6.63. The molecule has 38 heavy (non-hydrogen) atoms. The van der Waals surface area contributed by atoms with E-state index >= 15 is 0 Å². The molecule has 2 nitrogen and oxygen atoms in total. The standard InChI is InChI=1S/C30H29F6NO/c1-18-23(16-22(29(31,32)33)17-24(18)30(34,35)36)28(38)26-21-12-14-37(15-13-21)27(26)25(19-8-4-2-5-9-19)20-10-6-3-7-11-20/h2-11,16-17,21,24-28,38H,1,12-15H2. The second-order valence-electron chi connectivity index (χ2n) is 10.4. The Hall–Kier alpha value is -2.84. The van der Waals surface area contributed by atoms with Gasteiger partial charge in [0.05, 0.1) is 17.6 Å². The molecule has 3 aliphatic heterocycles. The van der Waals surface area contributed by atoms with Crippen molar-refractivity contribution in [2.24, 2.45) is 17.8 Å². The number of halogens is 6. The van der Waals surface area contributed by atoms with Gasteiger partial charge in [0, 0.05) is 17.9 Å². The van der Waals surface area contributed by atoms with Gasteiger partial charge in [0.25, 0.3) is 0 Å². The van der Waals surface area contributed by atoms with Crippen molar-refractivity contribution in [2.75, 3.05) is 13.1 Å². The quantitative estimate of drug-likeness (QED) is 0.417. The van der Waals surface area contributed by atoms with Gasteiger partial charge in [-0.3, -0.25) is 4.90 Å². The van der Waals surface area contributed by atoms with Crippen molar-refractivity contribution in [3.05, 3.63) is 107 Å². The lowest BCUT2D eigenvalue weighted by atomic mass is 9.63. The predicted molar refractivity (Wildman–Crippen MR) is 133 cm³/mol. The summed E-state index contributed by atoms with van der Waals surface area (Å²) in [5, 5.41) is 11.8. The zero-order chi connectivity index (χ0) is 27.2. The van der Waals surface area contributed by atoms with Gasteiger partial charge in [0.15, 0.2) is 0 Å². The molecule has 2 bridgehead atoms. The van der Waals surface area contributed by atoms with Gasteiger partial charge in [-0.15, -0.1) is 0 Å². The first-order valence-electron chi connectivity index (χ1n) is 12.8. The van der Waals surface area contributed by atoms with Gasteiger partial charge < -0.3 is 5.11 Å². The van der Waals surface area contributed by atoms with Crippen LogP contribution in [-0.4, -0.2) is 47.6 Å². The number of hydrogen-bond acceptors (Lipinski definition) is 2. The third kappa shape index (κ3) is 4.96. The minimum absolute atomic E-state index is 0.0480. The third-order valence-electron chi connectivity index (χ3n) is 8.36. The van der Waals surface area contributed by atoms with E-state index in [0.29, 0.717) is 6.08 Å². The highest BCUT2D eigenvalue weighted by atomic mass is 19.4. The molecule has 4 unspecified atom stereocenters. The van der Waals surface area contributed by atoms with Crippen molar-refractivity contribution in [3.8, 4) is 0 Å². The average Bonchev–Trinajstić information content (AvgIpc) is 2.89. The molecule has 0 amide bonds. The number of hydrogen-bond donors (Lipinski definition) is 1. The van der Waals surface area contributed by atoms with E-state index < -0.39 is 41.4 Å². The Morgan fingerprint density at radius 2 is 1.37 bits per heavy atom. The van der Waals surface area contributed by atoms with Crippen molar-refractivity contribution in [2.45, 2.75) is 43.3 Å². The summed E-state index contributed by atoms with van der Waals surface area (Å²) in [5.74, 6) is -3.36. The molecule has 0 spiro atoms. The Kier molecular flexibility index (Phi) is 7.07. The van der Waals surface area contributed by atoms with Crippen LogP contribution in [-0.2, 0) is 0 Å². The van der Waals surface area contributed by atoms with E-state index in [1.807, 2.05) is 60.7 Å². The molecule has 202 valence electrons. The Labute approximate surface area is 218 Å². The summed E-state index contributed by atoms with van der Waals surface area (Å²) < 4.78 is 82.6. The van der Waals surface area contributed by atoms with Crippen molar-refractivity contribution >= 4 is 0 Å². The predicted octanol–water partition coefficient (Wildman–Crippen LogP) is 7.05. The Balaban J connectivity index is 1.61.